The Morgan fingerprint density at radius 2 is 1.79 bits per heavy atom. The molecule has 148 valence electrons. The quantitative estimate of drug-likeness (QED) is 0.542. The fourth-order valence-corrected chi connectivity index (χ4v) is 3.01. The SMILES string of the molecule is COC(=O)C1CN(Cc2ccc(/C=C/c3cccc(OC(F)(F)F)c3)cc2)C1. The molecule has 0 aliphatic carbocycles. The lowest BCUT2D eigenvalue weighted by Gasteiger charge is -2.37. The fraction of sp³-hybridized carbons (Fsp3) is 0.286. The predicted molar refractivity (Wildman–Crippen MR) is 99.3 cm³/mol. The van der Waals surface area contributed by atoms with Gasteiger partial charge in [0.15, 0.2) is 0 Å². The summed E-state index contributed by atoms with van der Waals surface area (Å²) in [7, 11) is 1.40. The van der Waals surface area contributed by atoms with Gasteiger partial charge in [0.2, 0.25) is 0 Å². The molecular formula is C21H20F3NO3. The van der Waals surface area contributed by atoms with Crippen molar-refractivity contribution < 1.29 is 27.4 Å². The Morgan fingerprint density at radius 3 is 2.43 bits per heavy atom. The van der Waals surface area contributed by atoms with Crippen LogP contribution in [0.15, 0.2) is 48.5 Å². The van der Waals surface area contributed by atoms with Gasteiger partial charge >= 0.3 is 12.3 Å². The summed E-state index contributed by atoms with van der Waals surface area (Å²) in [6, 6.07) is 13.7. The molecule has 1 saturated heterocycles. The van der Waals surface area contributed by atoms with E-state index >= 15 is 0 Å². The van der Waals surface area contributed by atoms with Crippen LogP contribution in [0, 0.1) is 5.92 Å². The van der Waals surface area contributed by atoms with E-state index in [2.05, 4.69) is 9.64 Å². The zero-order valence-electron chi connectivity index (χ0n) is 15.3. The number of esters is 1. The highest BCUT2D eigenvalue weighted by Crippen LogP contribution is 2.24. The number of nitrogens with zero attached hydrogens (tertiary/aromatic N) is 1. The second kappa shape index (κ2) is 8.48. The van der Waals surface area contributed by atoms with E-state index in [9.17, 15) is 18.0 Å². The summed E-state index contributed by atoms with van der Waals surface area (Å²) < 4.78 is 45.5. The van der Waals surface area contributed by atoms with Crippen molar-refractivity contribution in [1.82, 2.24) is 4.90 Å². The summed E-state index contributed by atoms with van der Waals surface area (Å²) in [4.78, 5) is 13.6. The molecule has 1 aliphatic rings. The molecule has 1 aliphatic heterocycles. The highest BCUT2D eigenvalue weighted by Gasteiger charge is 2.33. The first-order chi connectivity index (χ1) is 13.3. The molecule has 3 rings (SSSR count). The molecule has 0 aromatic heterocycles. The highest BCUT2D eigenvalue weighted by molar-refractivity contribution is 5.73. The molecular weight excluding hydrogens is 371 g/mol. The van der Waals surface area contributed by atoms with Crippen molar-refractivity contribution in [2.45, 2.75) is 12.9 Å². The molecule has 0 unspecified atom stereocenters. The number of ether oxygens (including phenoxy) is 2. The molecule has 0 bridgehead atoms. The number of hydrogen-bond donors (Lipinski definition) is 0. The number of alkyl halides is 3. The minimum absolute atomic E-state index is 0.0377. The van der Waals surface area contributed by atoms with Gasteiger partial charge in [-0.1, -0.05) is 48.6 Å². The van der Waals surface area contributed by atoms with Gasteiger partial charge in [0.05, 0.1) is 13.0 Å². The van der Waals surface area contributed by atoms with Gasteiger partial charge in [-0.05, 0) is 28.8 Å². The van der Waals surface area contributed by atoms with E-state index in [1.807, 2.05) is 30.3 Å². The molecule has 0 spiro atoms. The van der Waals surface area contributed by atoms with Crippen molar-refractivity contribution in [2.75, 3.05) is 20.2 Å². The summed E-state index contributed by atoms with van der Waals surface area (Å²) in [5, 5.41) is 0. The molecule has 4 nitrogen and oxygen atoms in total. The molecule has 0 amide bonds. The van der Waals surface area contributed by atoms with Crippen LogP contribution in [0.3, 0.4) is 0 Å². The average Bonchev–Trinajstić information content (AvgIpc) is 2.62. The van der Waals surface area contributed by atoms with Gasteiger partial charge < -0.3 is 9.47 Å². The van der Waals surface area contributed by atoms with Gasteiger partial charge in [-0.3, -0.25) is 9.69 Å². The maximum absolute atomic E-state index is 12.3. The summed E-state index contributed by atoms with van der Waals surface area (Å²) in [6.07, 6.45) is -1.15. The summed E-state index contributed by atoms with van der Waals surface area (Å²) in [5.74, 6) is -0.449. The first kappa shape index (κ1) is 19.9. The van der Waals surface area contributed by atoms with Gasteiger partial charge in [0.1, 0.15) is 5.75 Å². The van der Waals surface area contributed by atoms with Gasteiger partial charge in [0.25, 0.3) is 0 Å². The molecule has 0 radical (unpaired) electrons. The van der Waals surface area contributed by atoms with Crippen molar-refractivity contribution in [3.63, 3.8) is 0 Å². The molecule has 7 heteroatoms. The number of hydrogen-bond acceptors (Lipinski definition) is 4. The Hall–Kier alpha value is -2.80. The van der Waals surface area contributed by atoms with Crippen molar-refractivity contribution in [3.05, 3.63) is 65.2 Å². The molecule has 28 heavy (non-hydrogen) atoms. The zero-order chi connectivity index (χ0) is 20.1. The van der Waals surface area contributed by atoms with E-state index in [1.165, 1.54) is 25.3 Å². The predicted octanol–water partition coefficient (Wildman–Crippen LogP) is 4.36. The van der Waals surface area contributed by atoms with E-state index in [-0.39, 0.29) is 17.6 Å². The first-order valence-electron chi connectivity index (χ1n) is 8.75. The van der Waals surface area contributed by atoms with Gasteiger partial charge in [-0.2, -0.15) is 0 Å². The number of carbonyl (C=O) groups excluding carboxylic acids is 1. The van der Waals surface area contributed by atoms with Crippen LogP contribution in [-0.2, 0) is 16.1 Å². The Bertz CT molecular complexity index is 841. The Balaban J connectivity index is 1.54. The third kappa shape index (κ3) is 5.60. The Morgan fingerprint density at radius 1 is 1.11 bits per heavy atom. The number of benzene rings is 2. The van der Waals surface area contributed by atoms with Crippen molar-refractivity contribution in [3.8, 4) is 5.75 Å². The molecule has 2 aromatic rings. The van der Waals surface area contributed by atoms with Crippen molar-refractivity contribution in [2.24, 2.45) is 5.92 Å². The van der Waals surface area contributed by atoms with E-state index in [4.69, 9.17) is 4.74 Å². The second-order valence-electron chi connectivity index (χ2n) is 6.61. The summed E-state index contributed by atoms with van der Waals surface area (Å²) >= 11 is 0. The largest absolute Gasteiger partial charge is 0.573 e. The van der Waals surface area contributed by atoms with Crippen LogP contribution < -0.4 is 4.74 Å². The minimum atomic E-state index is -4.70. The molecule has 2 aromatic carbocycles. The zero-order valence-corrected chi connectivity index (χ0v) is 15.3. The highest BCUT2D eigenvalue weighted by atomic mass is 19.4. The van der Waals surface area contributed by atoms with Crippen molar-refractivity contribution in [1.29, 1.82) is 0 Å². The third-order valence-corrected chi connectivity index (χ3v) is 4.44. The van der Waals surface area contributed by atoms with Crippen LogP contribution in [0.4, 0.5) is 13.2 Å². The minimum Gasteiger partial charge on any atom is -0.469 e. The molecule has 0 atom stereocenters. The fourth-order valence-electron chi connectivity index (χ4n) is 3.01. The smallest absolute Gasteiger partial charge is 0.469 e. The molecule has 1 heterocycles. The number of rotatable bonds is 6. The summed E-state index contributed by atoms with van der Waals surface area (Å²) in [5.41, 5.74) is 2.67. The second-order valence-corrected chi connectivity index (χ2v) is 6.61. The molecule has 0 N–H and O–H groups in total. The van der Waals surface area contributed by atoms with Gasteiger partial charge in [-0.25, -0.2) is 0 Å². The third-order valence-electron chi connectivity index (χ3n) is 4.44. The number of likely N-dealkylation sites (tertiary alicyclic amines) is 1. The number of carbonyl (C=O) groups is 1. The van der Waals surface area contributed by atoms with Crippen LogP contribution >= 0.6 is 0 Å². The topological polar surface area (TPSA) is 38.8 Å². The molecule has 0 saturated carbocycles. The lowest BCUT2D eigenvalue weighted by Crippen LogP contribution is -2.49. The van der Waals surface area contributed by atoms with Gasteiger partial charge in [-0.15, -0.1) is 13.2 Å². The lowest BCUT2D eigenvalue weighted by molar-refractivity contribution is -0.274. The lowest BCUT2D eigenvalue weighted by atomic mass is 9.99. The van der Waals surface area contributed by atoms with Crippen LogP contribution in [-0.4, -0.2) is 37.4 Å². The van der Waals surface area contributed by atoms with Crippen LogP contribution in [0.1, 0.15) is 16.7 Å². The average molecular weight is 391 g/mol. The monoisotopic (exact) mass is 391 g/mol. The van der Waals surface area contributed by atoms with Gasteiger partial charge in [0, 0.05) is 19.6 Å². The normalized spacial score (nSPS) is 15.4. The Kier molecular flexibility index (Phi) is 6.04. The van der Waals surface area contributed by atoms with Crippen LogP contribution in [0.5, 0.6) is 5.75 Å². The molecule has 1 fully saturated rings. The maximum Gasteiger partial charge on any atom is 0.573 e. The maximum atomic E-state index is 12.3. The number of halogens is 3. The van der Waals surface area contributed by atoms with E-state index in [1.54, 1.807) is 12.1 Å². The first-order valence-corrected chi connectivity index (χ1v) is 8.75. The van der Waals surface area contributed by atoms with Crippen molar-refractivity contribution >= 4 is 18.1 Å². The number of methoxy groups -OCH3 is 1. The Labute approximate surface area is 161 Å². The van der Waals surface area contributed by atoms with Crippen LogP contribution in [0.25, 0.3) is 12.2 Å². The van der Waals surface area contributed by atoms with E-state index in [0.717, 1.165) is 17.7 Å². The van der Waals surface area contributed by atoms with E-state index < -0.39 is 6.36 Å². The van der Waals surface area contributed by atoms with Crippen LogP contribution in [0.2, 0.25) is 0 Å². The summed E-state index contributed by atoms with van der Waals surface area (Å²) in [6.45, 7) is 2.16. The van der Waals surface area contributed by atoms with E-state index in [0.29, 0.717) is 18.7 Å². The standard InChI is InChI=1S/C21H20F3NO3/c1-27-20(26)18-13-25(14-18)12-17-9-6-15(7-10-17)5-8-16-3-2-4-19(11-16)28-21(22,23)24/h2-11,18H,12-14H2,1H3/b8-5+.